The van der Waals surface area contributed by atoms with Crippen molar-refractivity contribution in [2.24, 2.45) is 0 Å². The van der Waals surface area contributed by atoms with Crippen LogP contribution in [0.15, 0.2) is 18.2 Å². The van der Waals surface area contributed by atoms with Crippen LogP contribution in [-0.2, 0) is 12.8 Å². The van der Waals surface area contributed by atoms with E-state index in [-0.39, 0.29) is 5.91 Å². The Morgan fingerprint density at radius 1 is 1.48 bits per heavy atom. The second kappa shape index (κ2) is 5.81. The second-order valence-corrected chi connectivity index (χ2v) is 6.00. The number of nitrogens with two attached hydrogens (primary N) is 1. The lowest BCUT2D eigenvalue weighted by Crippen LogP contribution is -2.35. The maximum absolute atomic E-state index is 12.8. The fourth-order valence-electron chi connectivity index (χ4n) is 2.72. The summed E-state index contributed by atoms with van der Waals surface area (Å²) in [7, 11) is 0. The summed E-state index contributed by atoms with van der Waals surface area (Å²) >= 11 is 1.19. The van der Waals surface area contributed by atoms with Crippen molar-refractivity contribution in [3.8, 4) is 0 Å². The van der Waals surface area contributed by atoms with Crippen molar-refractivity contribution in [2.45, 2.75) is 32.6 Å². The first-order valence-electron chi connectivity index (χ1n) is 7.22. The first kappa shape index (κ1) is 14.0. The monoisotopic (exact) mass is 302 g/mol. The standard InChI is InChI=1S/C15H18N4OS/c1-2-4-12-14(21-18-17-12)15(20)19-8-3-5-10-9-11(16)6-7-13(10)19/h6-7,9H,2-5,8,16H2,1H3. The van der Waals surface area contributed by atoms with Gasteiger partial charge in [-0.25, -0.2) is 0 Å². The molecule has 0 saturated carbocycles. The van der Waals surface area contributed by atoms with Crippen LogP contribution in [0.1, 0.15) is 40.7 Å². The zero-order chi connectivity index (χ0) is 14.8. The summed E-state index contributed by atoms with van der Waals surface area (Å²) in [6, 6.07) is 5.75. The summed E-state index contributed by atoms with van der Waals surface area (Å²) in [4.78, 5) is 15.3. The number of rotatable bonds is 3. The maximum Gasteiger partial charge on any atom is 0.271 e. The van der Waals surface area contributed by atoms with Gasteiger partial charge in [0.25, 0.3) is 5.91 Å². The van der Waals surface area contributed by atoms with Crippen molar-refractivity contribution < 1.29 is 4.79 Å². The molecule has 0 aliphatic carbocycles. The number of hydrogen-bond donors (Lipinski definition) is 1. The molecule has 0 spiro atoms. The number of aromatic nitrogens is 2. The molecule has 21 heavy (non-hydrogen) atoms. The number of carbonyl (C=O) groups is 1. The first-order valence-corrected chi connectivity index (χ1v) is 7.99. The second-order valence-electron chi connectivity index (χ2n) is 5.25. The molecule has 3 rings (SSSR count). The van der Waals surface area contributed by atoms with Crippen LogP contribution in [0.2, 0.25) is 0 Å². The van der Waals surface area contributed by atoms with Crippen molar-refractivity contribution in [1.82, 2.24) is 9.59 Å². The third-order valence-electron chi connectivity index (χ3n) is 3.70. The van der Waals surface area contributed by atoms with E-state index in [9.17, 15) is 4.79 Å². The number of nitrogen functional groups attached to an aromatic ring is 1. The Labute approximate surface area is 127 Å². The van der Waals surface area contributed by atoms with Crippen LogP contribution >= 0.6 is 11.5 Å². The molecular formula is C15H18N4OS. The topological polar surface area (TPSA) is 72.1 Å². The summed E-state index contributed by atoms with van der Waals surface area (Å²) in [5.74, 6) is 0.0131. The fourth-order valence-corrected chi connectivity index (χ4v) is 3.38. The van der Waals surface area contributed by atoms with Gasteiger partial charge in [-0.15, -0.1) is 5.10 Å². The molecule has 1 aliphatic rings. The van der Waals surface area contributed by atoms with E-state index in [4.69, 9.17) is 5.73 Å². The molecule has 2 heterocycles. The summed E-state index contributed by atoms with van der Waals surface area (Å²) < 4.78 is 3.95. The largest absolute Gasteiger partial charge is 0.399 e. The normalized spacial score (nSPS) is 14.0. The van der Waals surface area contributed by atoms with E-state index in [0.29, 0.717) is 4.88 Å². The van der Waals surface area contributed by atoms with Gasteiger partial charge >= 0.3 is 0 Å². The van der Waals surface area contributed by atoms with Gasteiger partial charge in [0.2, 0.25) is 0 Å². The predicted molar refractivity (Wildman–Crippen MR) is 84.8 cm³/mol. The first-order chi connectivity index (χ1) is 10.2. The quantitative estimate of drug-likeness (QED) is 0.885. The third kappa shape index (κ3) is 2.63. The zero-order valence-corrected chi connectivity index (χ0v) is 12.8. The SMILES string of the molecule is CCCc1nnsc1C(=O)N1CCCc2cc(N)ccc21. The van der Waals surface area contributed by atoms with Crippen LogP contribution in [0, 0.1) is 0 Å². The van der Waals surface area contributed by atoms with Gasteiger partial charge in [-0.05, 0) is 54.6 Å². The minimum Gasteiger partial charge on any atom is -0.399 e. The number of aryl methyl sites for hydroxylation is 2. The van der Waals surface area contributed by atoms with Crippen molar-refractivity contribution >= 4 is 28.8 Å². The van der Waals surface area contributed by atoms with E-state index in [0.717, 1.165) is 54.9 Å². The Bertz CT molecular complexity index is 667. The molecule has 1 aliphatic heterocycles. The van der Waals surface area contributed by atoms with Crippen LogP contribution in [0.3, 0.4) is 0 Å². The molecule has 5 nitrogen and oxygen atoms in total. The molecule has 0 unspecified atom stereocenters. The lowest BCUT2D eigenvalue weighted by molar-refractivity contribution is 0.0988. The zero-order valence-electron chi connectivity index (χ0n) is 12.0. The van der Waals surface area contributed by atoms with Crippen LogP contribution in [0.4, 0.5) is 11.4 Å². The van der Waals surface area contributed by atoms with Crippen LogP contribution < -0.4 is 10.6 Å². The van der Waals surface area contributed by atoms with Gasteiger partial charge in [0.15, 0.2) is 0 Å². The van der Waals surface area contributed by atoms with Gasteiger partial charge in [-0.2, -0.15) is 0 Å². The molecule has 2 aromatic rings. The van der Waals surface area contributed by atoms with Crippen molar-refractivity contribution in [3.05, 3.63) is 34.3 Å². The third-order valence-corrected chi connectivity index (χ3v) is 4.46. The van der Waals surface area contributed by atoms with Crippen LogP contribution in [0.25, 0.3) is 0 Å². The summed E-state index contributed by atoms with van der Waals surface area (Å²) in [5.41, 5.74) is 9.51. The van der Waals surface area contributed by atoms with Gasteiger partial charge in [0.05, 0.1) is 5.69 Å². The van der Waals surface area contributed by atoms with E-state index < -0.39 is 0 Å². The van der Waals surface area contributed by atoms with Gasteiger partial charge in [0, 0.05) is 17.9 Å². The number of amides is 1. The smallest absolute Gasteiger partial charge is 0.271 e. The average molecular weight is 302 g/mol. The van der Waals surface area contributed by atoms with E-state index in [1.165, 1.54) is 11.5 Å². The number of fused-ring (bicyclic) bond motifs is 1. The molecule has 6 heteroatoms. The Balaban J connectivity index is 1.94. The molecule has 1 aromatic carbocycles. The maximum atomic E-state index is 12.8. The number of nitrogens with zero attached hydrogens (tertiary/aromatic N) is 3. The van der Waals surface area contributed by atoms with Crippen molar-refractivity contribution in [3.63, 3.8) is 0 Å². The molecule has 0 atom stereocenters. The van der Waals surface area contributed by atoms with Crippen molar-refractivity contribution in [1.29, 1.82) is 0 Å². The number of hydrogen-bond acceptors (Lipinski definition) is 5. The highest BCUT2D eigenvalue weighted by atomic mass is 32.1. The van der Waals surface area contributed by atoms with Gasteiger partial charge in [0.1, 0.15) is 4.88 Å². The van der Waals surface area contributed by atoms with E-state index in [2.05, 4.69) is 16.5 Å². The highest BCUT2D eigenvalue weighted by Crippen LogP contribution is 2.31. The Morgan fingerprint density at radius 3 is 3.14 bits per heavy atom. The summed E-state index contributed by atoms with van der Waals surface area (Å²) in [5, 5.41) is 4.09. The molecule has 1 amide bonds. The van der Waals surface area contributed by atoms with E-state index in [1.54, 1.807) is 0 Å². The Morgan fingerprint density at radius 2 is 2.33 bits per heavy atom. The van der Waals surface area contributed by atoms with E-state index >= 15 is 0 Å². The van der Waals surface area contributed by atoms with Crippen LogP contribution in [0.5, 0.6) is 0 Å². The van der Waals surface area contributed by atoms with Crippen LogP contribution in [-0.4, -0.2) is 22.0 Å². The predicted octanol–water partition coefficient (Wildman–Crippen LogP) is 2.67. The highest BCUT2D eigenvalue weighted by Gasteiger charge is 2.27. The lowest BCUT2D eigenvalue weighted by Gasteiger charge is -2.29. The number of anilines is 2. The molecular weight excluding hydrogens is 284 g/mol. The molecule has 0 bridgehead atoms. The number of carbonyl (C=O) groups excluding carboxylic acids is 1. The summed E-state index contributed by atoms with van der Waals surface area (Å²) in [6.07, 6.45) is 3.67. The lowest BCUT2D eigenvalue weighted by atomic mass is 10.0. The molecule has 110 valence electrons. The number of benzene rings is 1. The van der Waals surface area contributed by atoms with Gasteiger partial charge in [-0.3, -0.25) is 4.79 Å². The minimum atomic E-state index is 0.0131. The van der Waals surface area contributed by atoms with Crippen molar-refractivity contribution in [2.75, 3.05) is 17.2 Å². The Hall–Kier alpha value is -1.95. The highest BCUT2D eigenvalue weighted by molar-refractivity contribution is 7.08. The molecule has 2 N–H and O–H groups in total. The molecule has 1 aromatic heterocycles. The average Bonchev–Trinajstić information content (AvgIpc) is 2.94. The van der Waals surface area contributed by atoms with E-state index in [1.807, 2.05) is 23.1 Å². The fraction of sp³-hybridized carbons (Fsp3) is 0.400. The molecule has 0 radical (unpaired) electrons. The molecule has 0 fully saturated rings. The summed E-state index contributed by atoms with van der Waals surface area (Å²) in [6.45, 7) is 2.81. The van der Waals surface area contributed by atoms with Gasteiger partial charge in [-0.1, -0.05) is 17.8 Å². The minimum absolute atomic E-state index is 0.0131. The van der Waals surface area contributed by atoms with Gasteiger partial charge < -0.3 is 10.6 Å². The molecule has 0 saturated heterocycles. The Kier molecular flexibility index (Phi) is 3.88.